The van der Waals surface area contributed by atoms with Gasteiger partial charge >= 0.3 is 0 Å². The average Bonchev–Trinajstić information content (AvgIpc) is 3.52. The van der Waals surface area contributed by atoms with Crippen LogP contribution in [0.1, 0.15) is 59.0 Å². The van der Waals surface area contributed by atoms with Crippen LogP contribution in [0.25, 0.3) is 22.5 Å². The minimum absolute atomic E-state index is 0.127. The zero-order valence-electron chi connectivity index (χ0n) is 22.0. The van der Waals surface area contributed by atoms with Crippen molar-refractivity contribution in [3.05, 3.63) is 83.2 Å². The number of aryl methyl sites for hydroxylation is 2. The number of amides is 1. The van der Waals surface area contributed by atoms with E-state index in [2.05, 4.69) is 45.9 Å². The van der Waals surface area contributed by atoms with Crippen molar-refractivity contribution in [1.82, 2.24) is 15.5 Å². The number of fused-ring (bicyclic) bond motifs is 2. The van der Waals surface area contributed by atoms with Gasteiger partial charge in [-0.1, -0.05) is 29.4 Å². The molecule has 2 aliphatic rings. The van der Waals surface area contributed by atoms with Gasteiger partial charge < -0.3 is 19.9 Å². The summed E-state index contributed by atoms with van der Waals surface area (Å²) in [5.74, 6) is 2.34. The number of hydrogen-bond acceptors (Lipinski definition) is 6. The molecule has 4 aromatic rings. The zero-order chi connectivity index (χ0) is 26.2. The standard InChI is InChI=1S/C31H32N4O3/c1-18-14-22(30-32-19(2)38-35-30)8-12-27(18)20-4-6-21(7-5-20)31(36)34-26-11-13-29(37-3)28(17-26)23-15-24-9-10-25(16-23)33-24/h4-8,11-14,17,23-25,33H,9-10,15-16H2,1-3H3,(H,34,36). The number of rotatable bonds is 6. The predicted molar refractivity (Wildman–Crippen MR) is 148 cm³/mol. The van der Waals surface area contributed by atoms with E-state index in [-0.39, 0.29) is 5.91 Å². The summed E-state index contributed by atoms with van der Waals surface area (Å²) in [4.78, 5) is 17.4. The summed E-state index contributed by atoms with van der Waals surface area (Å²) in [7, 11) is 1.72. The number of anilines is 1. The Bertz CT molecular complexity index is 1460. The van der Waals surface area contributed by atoms with Crippen LogP contribution in [-0.4, -0.2) is 35.2 Å². The molecule has 2 aliphatic heterocycles. The van der Waals surface area contributed by atoms with E-state index >= 15 is 0 Å². The number of nitrogens with one attached hydrogen (secondary N) is 2. The van der Waals surface area contributed by atoms with Crippen LogP contribution in [0.4, 0.5) is 5.69 Å². The SMILES string of the molecule is COc1ccc(NC(=O)c2ccc(-c3ccc(-c4noc(C)n4)cc3C)cc2)cc1C1CC2CCC(C1)N2. The third-order valence-electron chi connectivity index (χ3n) is 7.87. The molecule has 194 valence electrons. The van der Waals surface area contributed by atoms with Gasteiger partial charge in [0.05, 0.1) is 7.11 Å². The first-order chi connectivity index (χ1) is 18.5. The summed E-state index contributed by atoms with van der Waals surface area (Å²) in [6, 6.07) is 21.0. The summed E-state index contributed by atoms with van der Waals surface area (Å²) in [6.07, 6.45) is 4.72. The predicted octanol–water partition coefficient (Wildman–Crippen LogP) is 6.28. The van der Waals surface area contributed by atoms with Crippen LogP contribution in [0.2, 0.25) is 0 Å². The molecule has 0 saturated carbocycles. The third-order valence-corrected chi connectivity index (χ3v) is 7.87. The second-order valence-electron chi connectivity index (χ2n) is 10.5. The van der Waals surface area contributed by atoms with Crippen LogP contribution >= 0.6 is 0 Å². The Morgan fingerprint density at radius 1 is 0.974 bits per heavy atom. The molecule has 1 amide bonds. The fourth-order valence-corrected chi connectivity index (χ4v) is 5.99. The molecule has 1 aromatic heterocycles. The van der Waals surface area contributed by atoms with Gasteiger partial charge in [0.15, 0.2) is 0 Å². The van der Waals surface area contributed by atoms with Crippen molar-refractivity contribution in [2.24, 2.45) is 0 Å². The van der Waals surface area contributed by atoms with Crippen LogP contribution in [0, 0.1) is 13.8 Å². The van der Waals surface area contributed by atoms with Crippen LogP contribution in [0.5, 0.6) is 5.75 Å². The summed E-state index contributed by atoms with van der Waals surface area (Å²) < 4.78 is 10.8. The van der Waals surface area contributed by atoms with Crippen molar-refractivity contribution >= 4 is 11.6 Å². The maximum absolute atomic E-state index is 13.1. The zero-order valence-corrected chi connectivity index (χ0v) is 22.0. The Labute approximate surface area is 222 Å². The van der Waals surface area contributed by atoms with Gasteiger partial charge in [-0.25, -0.2) is 0 Å². The van der Waals surface area contributed by atoms with Gasteiger partial charge in [0.25, 0.3) is 5.91 Å². The fraction of sp³-hybridized carbons (Fsp3) is 0.323. The van der Waals surface area contributed by atoms with Crippen molar-refractivity contribution in [3.8, 4) is 28.3 Å². The lowest BCUT2D eigenvalue weighted by atomic mass is 9.85. The Balaban J connectivity index is 1.17. The Morgan fingerprint density at radius 3 is 2.37 bits per heavy atom. The molecule has 2 atom stereocenters. The van der Waals surface area contributed by atoms with Crippen molar-refractivity contribution in [3.63, 3.8) is 0 Å². The molecular weight excluding hydrogens is 476 g/mol. The molecule has 3 heterocycles. The van der Waals surface area contributed by atoms with E-state index in [4.69, 9.17) is 9.26 Å². The highest BCUT2D eigenvalue weighted by Gasteiger charge is 2.35. The van der Waals surface area contributed by atoms with Crippen molar-refractivity contribution in [1.29, 1.82) is 0 Å². The second kappa shape index (κ2) is 10.1. The van der Waals surface area contributed by atoms with Crippen LogP contribution in [0.3, 0.4) is 0 Å². The van der Waals surface area contributed by atoms with Gasteiger partial charge in [-0.3, -0.25) is 4.79 Å². The van der Waals surface area contributed by atoms with Crippen LogP contribution < -0.4 is 15.4 Å². The number of nitrogens with zero attached hydrogens (tertiary/aromatic N) is 2. The molecule has 7 heteroatoms. The van der Waals surface area contributed by atoms with E-state index in [1.165, 1.54) is 18.4 Å². The van der Waals surface area contributed by atoms with Crippen molar-refractivity contribution in [2.75, 3.05) is 12.4 Å². The van der Waals surface area contributed by atoms with E-state index < -0.39 is 0 Å². The minimum atomic E-state index is -0.127. The highest BCUT2D eigenvalue weighted by molar-refractivity contribution is 6.04. The molecule has 3 aromatic carbocycles. The van der Waals surface area contributed by atoms with E-state index in [1.807, 2.05) is 42.5 Å². The molecular formula is C31H32N4O3. The van der Waals surface area contributed by atoms with E-state index in [1.54, 1.807) is 14.0 Å². The van der Waals surface area contributed by atoms with Gasteiger partial charge in [-0.2, -0.15) is 4.98 Å². The lowest BCUT2D eigenvalue weighted by molar-refractivity contribution is 0.102. The Hall–Kier alpha value is -3.97. The maximum atomic E-state index is 13.1. The molecule has 0 spiro atoms. The topological polar surface area (TPSA) is 89.3 Å². The summed E-state index contributed by atoms with van der Waals surface area (Å²) >= 11 is 0. The molecule has 0 aliphatic carbocycles. The van der Waals surface area contributed by atoms with E-state index in [0.29, 0.717) is 35.3 Å². The lowest BCUT2D eigenvalue weighted by Gasteiger charge is -2.30. The third kappa shape index (κ3) is 4.82. The van der Waals surface area contributed by atoms with Crippen molar-refractivity contribution in [2.45, 2.75) is 57.5 Å². The summed E-state index contributed by atoms with van der Waals surface area (Å²) in [5, 5.41) is 10.8. The highest BCUT2D eigenvalue weighted by atomic mass is 16.5. The first-order valence-electron chi connectivity index (χ1n) is 13.2. The largest absolute Gasteiger partial charge is 0.496 e. The normalized spacial score (nSPS) is 20.3. The molecule has 0 radical (unpaired) electrons. The molecule has 38 heavy (non-hydrogen) atoms. The van der Waals surface area contributed by atoms with E-state index in [9.17, 15) is 4.79 Å². The van der Waals surface area contributed by atoms with Gasteiger partial charge in [0, 0.05) is 35.8 Å². The first kappa shape index (κ1) is 24.4. The number of aromatic nitrogens is 2. The fourth-order valence-electron chi connectivity index (χ4n) is 5.99. The first-order valence-corrected chi connectivity index (χ1v) is 13.2. The number of methoxy groups -OCH3 is 1. The minimum Gasteiger partial charge on any atom is -0.496 e. The highest BCUT2D eigenvalue weighted by Crippen LogP contribution is 2.41. The molecule has 2 bridgehead atoms. The van der Waals surface area contributed by atoms with Gasteiger partial charge in [0.2, 0.25) is 11.7 Å². The summed E-state index contributed by atoms with van der Waals surface area (Å²) in [6.45, 7) is 3.84. The van der Waals surface area contributed by atoms with Crippen LogP contribution in [0.15, 0.2) is 65.2 Å². The van der Waals surface area contributed by atoms with Gasteiger partial charge in [-0.05, 0) is 97.2 Å². The number of benzene rings is 3. The quantitative estimate of drug-likeness (QED) is 0.319. The number of hydrogen-bond donors (Lipinski definition) is 2. The number of ether oxygens (including phenoxy) is 1. The van der Waals surface area contributed by atoms with E-state index in [0.717, 1.165) is 46.5 Å². The van der Waals surface area contributed by atoms with Gasteiger partial charge in [0.1, 0.15) is 5.75 Å². The van der Waals surface area contributed by atoms with Gasteiger partial charge in [-0.15, -0.1) is 0 Å². The number of carbonyl (C=O) groups excluding carboxylic acids is 1. The molecule has 2 N–H and O–H groups in total. The smallest absolute Gasteiger partial charge is 0.255 e. The second-order valence-corrected chi connectivity index (χ2v) is 10.5. The monoisotopic (exact) mass is 508 g/mol. The molecule has 7 nitrogen and oxygen atoms in total. The molecule has 6 rings (SSSR count). The number of piperidine rings is 1. The lowest BCUT2D eigenvalue weighted by Crippen LogP contribution is -2.37. The molecule has 2 saturated heterocycles. The van der Waals surface area contributed by atoms with Crippen LogP contribution in [-0.2, 0) is 0 Å². The number of carbonyl (C=O) groups is 1. The van der Waals surface area contributed by atoms with Crippen molar-refractivity contribution < 1.29 is 14.1 Å². The molecule has 2 fully saturated rings. The Morgan fingerprint density at radius 2 is 1.71 bits per heavy atom. The molecule has 2 unspecified atom stereocenters. The average molecular weight is 509 g/mol. The maximum Gasteiger partial charge on any atom is 0.255 e. The Kier molecular flexibility index (Phi) is 6.45. The summed E-state index contributed by atoms with van der Waals surface area (Å²) in [5.41, 5.74) is 6.74.